The molecule has 2 atom stereocenters. The SMILES string of the molecule is COC(=O)NCCO[C@@H](c1cccc(Cl)c1)C1CCCCN(C(=O)O)C1. The second-order valence-corrected chi connectivity index (χ2v) is 6.69. The fraction of sp³-hybridized carbons (Fsp3) is 0.556. The van der Waals surface area contributed by atoms with Crippen LogP contribution in [0.5, 0.6) is 0 Å². The highest BCUT2D eigenvalue weighted by Gasteiger charge is 2.29. The smallest absolute Gasteiger partial charge is 0.407 e. The second-order valence-electron chi connectivity index (χ2n) is 6.25. The zero-order valence-corrected chi connectivity index (χ0v) is 15.6. The standard InChI is InChI=1S/C18H25ClN2O5/c1-25-17(22)20-8-10-26-16(13-6-4-7-15(19)11-13)14-5-2-3-9-21(12-14)18(23)24/h4,6-7,11,14,16H,2-3,5,8-10,12H2,1H3,(H,20,22)(H,23,24)/t14?,16-/m0/s1. The summed E-state index contributed by atoms with van der Waals surface area (Å²) >= 11 is 6.13. The Morgan fingerprint density at radius 2 is 2.23 bits per heavy atom. The van der Waals surface area contributed by atoms with Crippen LogP contribution in [0.1, 0.15) is 30.9 Å². The number of carbonyl (C=O) groups is 2. The Bertz CT molecular complexity index is 613. The molecule has 1 saturated heterocycles. The third-order valence-corrected chi connectivity index (χ3v) is 4.67. The molecule has 1 aromatic rings. The van der Waals surface area contributed by atoms with Crippen LogP contribution in [-0.2, 0) is 9.47 Å². The molecule has 144 valence electrons. The van der Waals surface area contributed by atoms with Crippen molar-refractivity contribution in [3.05, 3.63) is 34.9 Å². The second kappa shape index (κ2) is 10.2. The maximum Gasteiger partial charge on any atom is 0.407 e. The van der Waals surface area contributed by atoms with E-state index in [4.69, 9.17) is 16.3 Å². The lowest BCUT2D eigenvalue weighted by atomic mass is 9.91. The normalized spacial score (nSPS) is 18.7. The van der Waals surface area contributed by atoms with E-state index in [0.717, 1.165) is 24.8 Å². The average molecular weight is 385 g/mol. The number of methoxy groups -OCH3 is 1. The third-order valence-electron chi connectivity index (χ3n) is 4.44. The summed E-state index contributed by atoms with van der Waals surface area (Å²) < 4.78 is 10.6. The molecule has 1 aliphatic heterocycles. The third kappa shape index (κ3) is 6.07. The Morgan fingerprint density at radius 3 is 2.92 bits per heavy atom. The van der Waals surface area contributed by atoms with Crippen molar-refractivity contribution < 1.29 is 24.2 Å². The molecule has 0 aliphatic carbocycles. The van der Waals surface area contributed by atoms with E-state index in [1.54, 1.807) is 6.07 Å². The van der Waals surface area contributed by atoms with Crippen LogP contribution in [0.2, 0.25) is 5.02 Å². The molecule has 0 spiro atoms. The van der Waals surface area contributed by atoms with Crippen LogP contribution in [0.3, 0.4) is 0 Å². The number of carbonyl (C=O) groups excluding carboxylic acids is 1. The van der Waals surface area contributed by atoms with E-state index < -0.39 is 12.2 Å². The molecule has 7 nitrogen and oxygen atoms in total. The van der Waals surface area contributed by atoms with Crippen molar-refractivity contribution in [2.75, 3.05) is 33.4 Å². The van der Waals surface area contributed by atoms with Crippen molar-refractivity contribution in [2.45, 2.75) is 25.4 Å². The molecule has 2 N–H and O–H groups in total. The Balaban J connectivity index is 2.11. The van der Waals surface area contributed by atoms with Gasteiger partial charge in [0.15, 0.2) is 0 Å². The lowest BCUT2D eigenvalue weighted by Crippen LogP contribution is -2.36. The van der Waals surface area contributed by atoms with Gasteiger partial charge in [-0.15, -0.1) is 0 Å². The van der Waals surface area contributed by atoms with Crippen molar-refractivity contribution in [2.24, 2.45) is 5.92 Å². The van der Waals surface area contributed by atoms with Crippen LogP contribution in [-0.4, -0.2) is 55.5 Å². The maximum atomic E-state index is 11.4. The predicted molar refractivity (Wildman–Crippen MR) is 97.5 cm³/mol. The van der Waals surface area contributed by atoms with Gasteiger partial charge in [0, 0.05) is 30.6 Å². The van der Waals surface area contributed by atoms with E-state index in [9.17, 15) is 14.7 Å². The number of nitrogens with one attached hydrogen (secondary N) is 1. The molecule has 1 aliphatic rings. The van der Waals surface area contributed by atoms with E-state index in [2.05, 4.69) is 10.1 Å². The molecule has 0 saturated carbocycles. The van der Waals surface area contributed by atoms with E-state index in [0.29, 0.717) is 24.7 Å². The molecule has 8 heteroatoms. The number of ether oxygens (including phenoxy) is 2. The number of halogens is 1. The van der Waals surface area contributed by atoms with E-state index in [1.807, 2.05) is 18.2 Å². The predicted octanol–water partition coefficient (Wildman–Crippen LogP) is 3.53. The van der Waals surface area contributed by atoms with Crippen LogP contribution in [0, 0.1) is 5.92 Å². The van der Waals surface area contributed by atoms with Gasteiger partial charge >= 0.3 is 12.2 Å². The molecule has 1 heterocycles. The first-order chi connectivity index (χ1) is 12.5. The summed E-state index contributed by atoms with van der Waals surface area (Å²) in [7, 11) is 1.30. The molecule has 1 aromatic carbocycles. The van der Waals surface area contributed by atoms with Gasteiger partial charge in [0.05, 0.1) is 19.8 Å². The Labute approximate surface area is 158 Å². The highest BCUT2D eigenvalue weighted by Crippen LogP contribution is 2.33. The van der Waals surface area contributed by atoms with E-state index in [1.165, 1.54) is 12.0 Å². The molecule has 0 radical (unpaired) electrons. The van der Waals surface area contributed by atoms with Gasteiger partial charge in [0.25, 0.3) is 0 Å². The number of likely N-dealkylation sites (tertiary alicyclic amines) is 1. The quantitative estimate of drug-likeness (QED) is 0.732. The van der Waals surface area contributed by atoms with Crippen molar-refractivity contribution in [3.63, 3.8) is 0 Å². The maximum absolute atomic E-state index is 11.4. The highest BCUT2D eigenvalue weighted by atomic mass is 35.5. The van der Waals surface area contributed by atoms with Gasteiger partial charge in [-0.3, -0.25) is 0 Å². The van der Waals surface area contributed by atoms with Gasteiger partial charge in [-0.2, -0.15) is 0 Å². The summed E-state index contributed by atoms with van der Waals surface area (Å²) in [5.74, 6) is 0.0187. The van der Waals surface area contributed by atoms with Gasteiger partial charge in [0.2, 0.25) is 0 Å². The largest absolute Gasteiger partial charge is 0.465 e. The fourth-order valence-electron chi connectivity index (χ4n) is 3.19. The van der Waals surface area contributed by atoms with E-state index >= 15 is 0 Å². The average Bonchev–Trinajstić information content (AvgIpc) is 2.87. The van der Waals surface area contributed by atoms with Gasteiger partial charge < -0.3 is 24.8 Å². The first kappa shape index (κ1) is 20.3. The molecule has 1 fully saturated rings. The minimum absolute atomic E-state index is 0.0187. The summed E-state index contributed by atoms with van der Waals surface area (Å²) in [5, 5.41) is 12.6. The number of benzene rings is 1. The topological polar surface area (TPSA) is 88.1 Å². The van der Waals surface area contributed by atoms with Crippen LogP contribution in [0.4, 0.5) is 9.59 Å². The highest BCUT2D eigenvalue weighted by molar-refractivity contribution is 6.30. The molecule has 0 bridgehead atoms. The first-order valence-corrected chi connectivity index (χ1v) is 9.06. The number of amides is 2. The summed E-state index contributed by atoms with van der Waals surface area (Å²) in [6.45, 7) is 1.55. The van der Waals surface area contributed by atoms with Crippen molar-refractivity contribution in [1.29, 1.82) is 0 Å². The minimum atomic E-state index is -0.908. The number of hydrogen-bond acceptors (Lipinski definition) is 4. The molecule has 26 heavy (non-hydrogen) atoms. The zero-order chi connectivity index (χ0) is 18.9. The van der Waals surface area contributed by atoms with Gasteiger partial charge in [-0.1, -0.05) is 30.2 Å². The molecule has 2 rings (SSSR count). The van der Waals surface area contributed by atoms with E-state index in [-0.39, 0.29) is 18.6 Å². The number of hydrogen-bond donors (Lipinski definition) is 2. The number of nitrogens with zero attached hydrogens (tertiary/aromatic N) is 1. The van der Waals surface area contributed by atoms with Crippen molar-refractivity contribution in [1.82, 2.24) is 10.2 Å². The van der Waals surface area contributed by atoms with Gasteiger partial charge in [-0.05, 0) is 30.5 Å². The Kier molecular flexibility index (Phi) is 8.00. The van der Waals surface area contributed by atoms with Crippen molar-refractivity contribution in [3.8, 4) is 0 Å². The molecular formula is C18H25ClN2O5. The summed E-state index contributed by atoms with van der Waals surface area (Å²) in [6.07, 6.45) is 0.928. The molecular weight excluding hydrogens is 360 g/mol. The first-order valence-electron chi connectivity index (χ1n) is 8.68. The van der Waals surface area contributed by atoms with Crippen LogP contribution in [0.15, 0.2) is 24.3 Å². The summed E-state index contributed by atoms with van der Waals surface area (Å²) in [5.41, 5.74) is 0.910. The minimum Gasteiger partial charge on any atom is -0.465 e. The number of alkyl carbamates (subject to hydrolysis) is 1. The van der Waals surface area contributed by atoms with Crippen LogP contribution < -0.4 is 5.32 Å². The van der Waals surface area contributed by atoms with Gasteiger partial charge in [-0.25, -0.2) is 9.59 Å². The lowest BCUT2D eigenvalue weighted by Gasteiger charge is -2.29. The molecule has 1 unspecified atom stereocenters. The number of rotatable bonds is 6. The van der Waals surface area contributed by atoms with Gasteiger partial charge in [0.1, 0.15) is 0 Å². The molecule has 0 aromatic heterocycles. The monoisotopic (exact) mass is 384 g/mol. The lowest BCUT2D eigenvalue weighted by molar-refractivity contribution is 0.00243. The Morgan fingerprint density at radius 1 is 1.42 bits per heavy atom. The van der Waals surface area contributed by atoms with Crippen molar-refractivity contribution >= 4 is 23.8 Å². The van der Waals surface area contributed by atoms with Crippen LogP contribution >= 0.6 is 11.6 Å². The number of carboxylic acid groups (broad SMARTS) is 1. The summed E-state index contributed by atoms with van der Waals surface area (Å²) in [6, 6.07) is 7.42. The van der Waals surface area contributed by atoms with Crippen LogP contribution in [0.25, 0.3) is 0 Å². The fourth-order valence-corrected chi connectivity index (χ4v) is 3.39. The molecule has 2 amide bonds. The Hall–Kier alpha value is -1.99. The zero-order valence-electron chi connectivity index (χ0n) is 14.8. The summed E-state index contributed by atoms with van der Waals surface area (Å²) in [4.78, 5) is 24.0.